The van der Waals surface area contributed by atoms with E-state index in [1.807, 2.05) is 0 Å². The molecular formula is C13H15NO6S. The maximum atomic E-state index is 11.9. The molecule has 0 saturated heterocycles. The van der Waals surface area contributed by atoms with Crippen LogP contribution in [0.5, 0.6) is 0 Å². The molecule has 7 nitrogen and oxygen atoms in total. The van der Waals surface area contributed by atoms with Crippen LogP contribution < -0.4 is 5.32 Å². The maximum absolute atomic E-state index is 11.9. The number of amides is 1. The summed E-state index contributed by atoms with van der Waals surface area (Å²) in [5.41, 5.74) is 0.401. The first-order chi connectivity index (χ1) is 9.96. The highest BCUT2D eigenvalue weighted by atomic mass is 32.1. The van der Waals surface area contributed by atoms with Crippen molar-refractivity contribution in [3.8, 4) is 0 Å². The van der Waals surface area contributed by atoms with Crippen molar-refractivity contribution >= 4 is 40.5 Å². The van der Waals surface area contributed by atoms with Gasteiger partial charge in [-0.25, -0.2) is 9.59 Å². The number of carbonyl (C=O) groups is 4. The summed E-state index contributed by atoms with van der Waals surface area (Å²) in [6, 6.07) is 0. The molecule has 114 valence electrons. The molecular weight excluding hydrogens is 298 g/mol. The van der Waals surface area contributed by atoms with Crippen molar-refractivity contribution in [1.29, 1.82) is 0 Å². The Bertz CT molecular complexity index is 577. The first-order valence-corrected chi connectivity index (χ1v) is 7.01. The quantitative estimate of drug-likeness (QED) is 0.486. The molecule has 1 aromatic heterocycles. The predicted octanol–water partition coefficient (Wildman–Crippen LogP) is 1.55. The summed E-state index contributed by atoms with van der Waals surface area (Å²) in [5.74, 6) is -2.20. The number of anilines is 1. The maximum Gasteiger partial charge on any atom is 0.348 e. The van der Waals surface area contributed by atoms with Crippen molar-refractivity contribution in [3.63, 3.8) is 0 Å². The van der Waals surface area contributed by atoms with Gasteiger partial charge in [0.05, 0.1) is 18.8 Å². The van der Waals surface area contributed by atoms with Crippen LogP contribution >= 0.6 is 11.3 Å². The van der Waals surface area contributed by atoms with Gasteiger partial charge in [-0.3, -0.25) is 9.59 Å². The lowest BCUT2D eigenvalue weighted by molar-refractivity contribution is -0.127. The Morgan fingerprint density at radius 1 is 1.14 bits per heavy atom. The molecule has 0 saturated carbocycles. The Morgan fingerprint density at radius 3 is 2.24 bits per heavy atom. The second-order valence-corrected chi connectivity index (χ2v) is 4.83. The molecule has 21 heavy (non-hydrogen) atoms. The monoisotopic (exact) mass is 313 g/mol. The van der Waals surface area contributed by atoms with E-state index in [9.17, 15) is 19.2 Å². The molecule has 0 spiro atoms. The average molecular weight is 313 g/mol. The lowest BCUT2D eigenvalue weighted by Crippen LogP contribution is -2.15. The number of hydrogen-bond acceptors (Lipinski definition) is 7. The minimum Gasteiger partial charge on any atom is -0.462 e. The zero-order valence-corrected chi connectivity index (χ0v) is 12.7. The molecule has 0 aliphatic carbocycles. The van der Waals surface area contributed by atoms with Gasteiger partial charge in [0, 0.05) is 0 Å². The van der Waals surface area contributed by atoms with E-state index < -0.39 is 17.8 Å². The van der Waals surface area contributed by atoms with Crippen LogP contribution in [0, 0.1) is 6.92 Å². The third-order valence-corrected chi connectivity index (χ3v) is 3.62. The molecule has 1 N–H and O–H groups in total. The van der Waals surface area contributed by atoms with Crippen molar-refractivity contribution in [2.24, 2.45) is 0 Å². The first kappa shape index (κ1) is 16.8. The first-order valence-electron chi connectivity index (χ1n) is 6.19. The number of carbonyl (C=O) groups excluding carboxylic acids is 4. The average Bonchev–Trinajstić information content (AvgIpc) is 2.76. The van der Waals surface area contributed by atoms with Crippen molar-refractivity contribution < 1.29 is 28.7 Å². The molecule has 0 aliphatic heterocycles. The Hall–Kier alpha value is -2.22. The number of nitrogens with one attached hydrogen (secondary N) is 1. The molecule has 0 atom stereocenters. The summed E-state index contributed by atoms with van der Waals surface area (Å²) in [5, 5.41) is 2.35. The van der Waals surface area contributed by atoms with E-state index in [1.54, 1.807) is 20.8 Å². The van der Waals surface area contributed by atoms with Crippen molar-refractivity contribution in [2.45, 2.75) is 20.8 Å². The van der Waals surface area contributed by atoms with E-state index in [1.165, 1.54) is 0 Å². The van der Waals surface area contributed by atoms with Crippen LogP contribution in [0.15, 0.2) is 0 Å². The molecule has 1 amide bonds. The molecule has 1 aromatic rings. The van der Waals surface area contributed by atoms with Gasteiger partial charge in [-0.15, -0.1) is 11.3 Å². The van der Waals surface area contributed by atoms with Gasteiger partial charge in [-0.1, -0.05) is 0 Å². The molecule has 1 rings (SSSR count). The third-order valence-electron chi connectivity index (χ3n) is 2.43. The second-order valence-electron chi connectivity index (χ2n) is 3.81. The van der Waals surface area contributed by atoms with Crippen LogP contribution in [0.25, 0.3) is 0 Å². The van der Waals surface area contributed by atoms with Gasteiger partial charge < -0.3 is 14.8 Å². The highest BCUT2D eigenvalue weighted by molar-refractivity contribution is 7.18. The summed E-state index contributed by atoms with van der Waals surface area (Å²) in [7, 11) is 0. The standard InChI is InChI=1S/C13H15NO6S/c1-4-19-12(17)9-7(3)10(13(18)20-5-2)21-11(9)14-8(16)6-15/h6H,4-5H2,1-3H3,(H,14,16). The van der Waals surface area contributed by atoms with Crippen LogP contribution in [-0.2, 0) is 19.1 Å². The molecule has 0 unspecified atom stereocenters. The second kappa shape index (κ2) is 7.53. The van der Waals surface area contributed by atoms with E-state index in [0.717, 1.165) is 11.3 Å². The highest BCUT2D eigenvalue weighted by Gasteiger charge is 2.27. The van der Waals surface area contributed by atoms with Crippen LogP contribution in [0.4, 0.5) is 5.00 Å². The zero-order valence-electron chi connectivity index (χ0n) is 11.8. The summed E-state index contributed by atoms with van der Waals surface area (Å²) in [4.78, 5) is 45.6. The summed E-state index contributed by atoms with van der Waals surface area (Å²) >= 11 is 0.866. The predicted molar refractivity (Wildman–Crippen MR) is 75.7 cm³/mol. The van der Waals surface area contributed by atoms with Crippen LogP contribution in [0.2, 0.25) is 0 Å². The lowest BCUT2D eigenvalue weighted by atomic mass is 10.1. The molecule has 0 fully saturated rings. The van der Waals surface area contributed by atoms with E-state index in [-0.39, 0.29) is 34.9 Å². The fourth-order valence-electron chi connectivity index (χ4n) is 1.58. The molecule has 1 heterocycles. The number of hydrogen-bond donors (Lipinski definition) is 1. The lowest BCUT2D eigenvalue weighted by Gasteiger charge is -2.04. The Morgan fingerprint density at radius 2 is 1.71 bits per heavy atom. The topological polar surface area (TPSA) is 98.8 Å². The van der Waals surface area contributed by atoms with E-state index >= 15 is 0 Å². The van der Waals surface area contributed by atoms with Gasteiger partial charge in [-0.2, -0.15) is 0 Å². The van der Waals surface area contributed by atoms with Crippen LogP contribution in [0.3, 0.4) is 0 Å². The number of ether oxygens (including phenoxy) is 2. The fourth-order valence-corrected chi connectivity index (χ4v) is 2.67. The molecule has 0 radical (unpaired) electrons. The Balaban J connectivity index is 3.29. The highest BCUT2D eigenvalue weighted by Crippen LogP contribution is 2.34. The van der Waals surface area contributed by atoms with Crippen molar-refractivity contribution in [1.82, 2.24) is 0 Å². The number of thiophene rings is 1. The van der Waals surface area contributed by atoms with Crippen LogP contribution in [0.1, 0.15) is 39.4 Å². The summed E-state index contributed by atoms with van der Waals surface area (Å²) < 4.78 is 9.78. The van der Waals surface area contributed by atoms with Gasteiger partial charge >= 0.3 is 11.9 Å². The van der Waals surface area contributed by atoms with Gasteiger partial charge in [0.2, 0.25) is 6.29 Å². The van der Waals surface area contributed by atoms with Gasteiger partial charge in [0.1, 0.15) is 9.88 Å². The van der Waals surface area contributed by atoms with Gasteiger partial charge in [0.25, 0.3) is 5.91 Å². The number of rotatable bonds is 6. The number of esters is 2. The van der Waals surface area contributed by atoms with Gasteiger partial charge in [0.15, 0.2) is 0 Å². The van der Waals surface area contributed by atoms with Crippen molar-refractivity contribution in [3.05, 3.63) is 16.0 Å². The largest absolute Gasteiger partial charge is 0.462 e. The Labute approximate surface area is 125 Å². The molecule has 8 heteroatoms. The van der Waals surface area contributed by atoms with E-state index in [4.69, 9.17) is 9.47 Å². The summed E-state index contributed by atoms with van der Waals surface area (Å²) in [6.45, 7) is 5.16. The fraction of sp³-hybridized carbons (Fsp3) is 0.385. The minimum atomic E-state index is -0.919. The molecule has 0 aromatic carbocycles. The van der Waals surface area contributed by atoms with Gasteiger partial charge in [-0.05, 0) is 26.3 Å². The Kier molecular flexibility index (Phi) is 6.04. The number of aldehydes is 1. The normalized spacial score (nSPS) is 9.86. The molecule has 0 aliphatic rings. The van der Waals surface area contributed by atoms with Crippen LogP contribution in [-0.4, -0.2) is 37.3 Å². The minimum absolute atomic E-state index is 0.0557. The van der Waals surface area contributed by atoms with Crippen molar-refractivity contribution in [2.75, 3.05) is 18.5 Å². The summed E-state index contributed by atoms with van der Waals surface area (Å²) in [6.07, 6.45) is 0.0774. The SMILES string of the molecule is CCOC(=O)c1sc(NC(=O)C=O)c(C(=O)OCC)c1C. The smallest absolute Gasteiger partial charge is 0.348 e. The third kappa shape index (κ3) is 3.88. The van der Waals surface area contributed by atoms with E-state index in [2.05, 4.69) is 5.32 Å². The van der Waals surface area contributed by atoms with E-state index in [0.29, 0.717) is 5.56 Å². The molecule has 0 bridgehead atoms. The zero-order chi connectivity index (χ0) is 16.0.